The highest BCUT2D eigenvalue weighted by atomic mass is 19.1. The highest BCUT2D eigenvalue weighted by Crippen LogP contribution is 2.23. The van der Waals surface area contributed by atoms with Crippen molar-refractivity contribution in [1.29, 1.82) is 0 Å². The van der Waals surface area contributed by atoms with Gasteiger partial charge in [-0.05, 0) is 66.9 Å². The number of amides is 1. The standard InChI is InChI=1S/C27H24F2N2O3/c1-17-25(18(2)34-31-17)16-33-24-13-3-19(4-14-24)15-26(32)30-27(20-5-9-22(28)10-6-20)21-7-11-23(29)12-8-21/h3-14,27H,15-16H2,1-2H3,(H,30,32). The molecule has 0 bridgehead atoms. The summed E-state index contributed by atoms with van der Waals surface area (Å²) in [7, 11) is 0. The topological polar surface area (TPSA) is 64.4 Å². The number of carbonyl (C=O) groups excluding carboxylic acids is 1. The largest absolute Gasteiger partial charge is 0.489 e. The summed E-state index contributed by atoms with van der Waals surface area (Å²) >= 11 is 0. The number of halogens is 2. The maximum Gasteiger partial charge on any atom is 0.225 e. The van der Waals surface area contributed by atoms with Crippen LogP contribution in [0.25, 0.3) is 0 Å². The summed E-state index contributed by atoms with van der Waals surface area (Å²) in [5.74, 6) is 0.430. The van der Waals surface area contributed by atoms with E-state index in [2.05, 4.69) is 10.5 Å². The Bertz CT molecular complexity index is 1190. The molecule has 3 aromatic carbocycles. The predicted octanol–water partition coefficient (Wildman–Crippen LogP) is 5.60. The van der Waals surface area contributed by atoms with Crippen molar-refractivity contribution >= 4 is 5.91 Å². The Morgan fingerprint density at radius 3 is 1.97 bits per heavy atom. The van der Waals surface area contributed by atoms with E-state index in [1.54, 1.807) is 36.4 Å². The van der Waals surface area contributed by atoms with E-state index >= 15 is 0 Å². The molecule has 1 aromatic heterocycles. The SMILES string of the molecule is Cc1noc(C)c1COc1ccc(CC(=O)NC(c2ccc(F)cc2)c2ccc(F)cc2)cc1. The third-order valence-electron chi connectivity index (χ3n) is 5.56. The van der Waals surface area contributed by atoms with Crippen LogP contribution in [-0.2, 0) is 17.8 Å². The van der Waals surface area contributed by atoms with Crippen molar-refractivity contribution in [2.45, 2.75) is 32.9 Å². The van der Waals surface area contributed by atoms with Gasteiger partial charge in [0, 0.05) is 0 Å². The van der Waals surface area contributed by atoms with Gasteiger partial charge in [-0.3, -0.25) is 4.79 Å². The molecule has 0 aliphatic heterocycles. The summed E-state index contributed by atoms with van der Waals surface area (Å²) in [5, 5.41) is 6.89. The maximum atomic E-state index is 13.4. The summed E-state index contributed by atoms with van der Waals surface area (Å²) in [6.07, 6.45) is 0.142. The van der Waals surface area contributed by atoms with Crippen molar-refractivity contribution in [2.75, 3.05) is 0 Å². The summed E-state index contributed by atoms with van der Waals surface area (Å²) in [5.41, 5.74) is 3.91. The Labute approximate surface area is 196 Å². The zero-order valence-corrected chi connectivity index (χ0v) is 18.8. The lowest BCUT2D eigenvalue weighted by Gasteiger charge is -2.20. The molecular weight excluding hydrogens is 438 g/mol. The number of aromatic nitrogens is 1. The minimum absolute atomic E-state index is 0.142. The van der Waals surface area contributed by atoms with Crippen molar-refractivity contribution in [1.82, 2.24) is 10.5 Å². The van der Waals surface area contributed by atoms with Crippen LogP contribution in [0.5, 0.6) is 5.75 Å². The Balaban J connectivity index is 1.42. The molecule has 0 atom stereocenters. The summed E-state index contributed by atoms with van der Waals surface area (Å²) in [6, 6.07) is 18.5. The predicted molar refractivity (Wildman–Crippen MR) is 123 cm³/mol. The lowest BCUT2D eigenvalue weighted by Crippen LogP contribution is -2.30. The molecule has 1 amide bonds. The zero-order valence-electron chi connectivity index (χ0n) is 18.8. The minimum atomic E-state index is -0.536. The van der Waals surface area contributed by atoms with E-state index in [9.17, 15) is 13.6 Å². The van der Waals surface area contributed by atoms with Gasteiger partial charge in [0.05, 0.1) is 23.7 Å². The third-order valence-corrected chi connectivity index (χ3v) is 5.56. The molecule has 0 radical (unpaired) electrons. The number of hydrogen-bond donors (Lipinski definition) is 1. The molecule has 7 heteroatoms. The molecule has 34 heavy (non-hydrogen) atoms. The molecule has 0 saturated carbocycles. The van der Waals surface area contributed by atoms with Gasteiger partial charge in [0.2, 0.25) is 5.91 Å². The van der Waals surface area contributed by atoms with Crippen molar-refractivity contribution in [3.63, 3.8) is 0 Å². The fourth-order valence-corrected chi connectivity index (χ4v) is 3.63. The highest BCUT2D eigenvalue weighted by molar-refractivity contribution is 5.79. The molecular formula is C27H24F2N2O3. The fourth-order valence-electron chi connectivity index (χ4n) is 3.63. The monoisotopic (exact) mass is 462 g/mol. The first-order valence-corrected chi connectivity index (χ1v) is 10.8. The van der Waals surface area contributed by atoms with Gasteiger partial charge in [0.15, 0.2) is 0 Å². The first kappa shape index (κ1) is 23.2. The molecule has 4 aromatic rings. The van der Waals surface area contributed by atoms with Gasteiger partial charge in [0.1, 0.15) is 29.8 Å². The number of rotatable bonds is 8. The Morgan fingerprint density at radius 2 is 1.47 bits per heavy atom. The van der Waals surface area contributed by atoms with Crippen LogP contribution in [-0.4, -0.2) is 11.1 Å². The molecule has 0 aliphatic carbocycles. The first-order chi connectivity index (χ1) is 16.4. The maximum absolute atomic E-state index is 13.4. The van der Waals surface area contributed by atoms with Crippen LogP contribution in [0.4, 0.5) is 8.78 Å². The summed E-state index contributed by atoms with van der Waals surface area (Å²) in [4.78, 5) is 12.8. The quantitative estimate of drug-likeness (QED) is 0.370. The molecule has 174 valence electrons. The molecule has 0 spiro atoms. The smallest absolute Gasteiger partial charge is 0.225 e. The molecule has 4 rings (SSSR count). The van der Waals surface area contributed by atoms with E-state index in [1.807, 2.05) is 26.0 Å². The second-order valence-electron chi connectivity index (χ2n) is 8.02. The van der Waals surface area contributed by atoms with Crippen molar-refractivity contribution < 1.29 is 22.8 Å². The average molecular weight is 462 g/mol. The molecule has 0 saturated heterocycles. The van der Waals surface area contributed by atoms with Gasteiger partial charge in [-0.25, -0.2) is 8.78 Å². The third kappa shape index (κ3) is 5.67. The van der Waals surface area contributed by atoms with Gasteiger partial charge in [0.25, 0.3) is 0 Å². The van der Waals surface area contributed by atoms with Crippen LogP contribution < -0.4 is 10.1 Å². The number of carbonyl (C=O) groups is 1. The molecule has 0 fully saturated rings. The van der Waals surface area contributed by atoms with Crippen LogP contribution in [0, 0.1) is 25.5 Å². The molecule has 1 N–H and O–H groups in total. The van der Waals surface area contributed by atoms with Crippen LogP contribution in [0.15, 0.2) is 77.3 Å². The number of benzene rings is 3. The second-order valence-corrected chi connectivity index (χ2v) is 8.02. The number of nitrogens with one attached hydrogen (secondary N) is 1. The van der Waals surface area contributed by atoms with E-state index in [0.29, 0.717) is 23.5 Å². The molecule has 5 nitrogen and oxygen atoms in total. The fraction of sp³-hybridized carbons (Fsp3) is 0.185. The van der Waals surface area contributed by atoms with Gasteiger partial charge in [-0.1, -0.05) is 41.6 Å². The number of nitrogens with zero attached hydrogens (tertiary/aromatic N) is 1. The van der Waals surface area contributed by atoms with E-state index in [1.165, 1.54) is 24.3 Å². The van der Waals surface area contributed by atoms with E-state index in [4.69, 9.17) is 9.26 Å². The van der Waals surface area contributed by atoms with Crippen LogP contribution in [0.3, 0.4) is 0 Å². The Hall–Kier alpha value is -4.00. The molecule has 0 aliphatic rings. The van der Waals surface area contributed by atoms with Crippen molar-refractivity contribution in [2.24, 2.45) is 0 Å². The van der Waals surface area contributed by atoms with Crippen molar-refractivity contribution in [3.05, 3.63) is 118 Å². The van der Waals surface area contributed by atoms with Crippen LogP contribution in [0.1, 0.15) is 39.7 Å². The van der Waals surface area contributed by atoms with Crippen LogP contribution in [0.2, 0.25) is 0 Å². The second kappa shape index (κ2) is 10.3. The first-order valence-electron chi connectivity index (χ1n) is 10.8. The number of hydrogen-bond acceptors (Lipinski definition) is 4. The van der Waals surface area contributed by atoms with E-state index < -0.39 is 6.04 Å². The van der Waals surface area contributed by atoms with Crippen LogP contribution >= 0.6 is 0 Å². The van der Waals surface area contributed by atoms with Gasteiger partial charge < -0.3 is 14.6 Å². The van der Waals surface area contributed by atoms with Gasteiger partial charge in [-0.15, -0.1) is 0 Å². The van der Waals surface area contributed by atoms with E-state index in [0.717, 1.165) is 22.6 Å². The van der Waals surface area contributed by atoms with Crippen molar-refractivity contribution in [3.8, 4) is 5.75 Å². The minimum Gasteiger partial charge on any atom is -0.489 e. The number of aryl methyl sites for hydroxylation is 2. The van der Waals surface area contributed by atoms with Gasteiger partial charge >= 0.3 is 0 Å². The number of ether oxygens (including phenoxy) is 1. The molecule has 0 unspecified atom stereocenters. The summed E-state index contributed by atoms with van der Waals surface area (Å²) in [6.45, 7) is 4.05. The lowest BCUT2D eigenvalue weighted by atomic mass is 9.98. The zero-order chi connectivity index (χ0) is 24.1. The van der Waals surface area contributed by atoms with E-state index in [-0.39, 0.29) is 24.0 Å². The highest BCUT2D eigenvalue weighted by Gasteiger charge is 2.18. The van der Waals surface area contributed by atoms with Gasteiger partial charge in [-0.2, -0.15) is 0 Å². The Kier molecular flexibility index (Phi) is 7.01. The Morgan fingerprint density at radius 1 is 0.912 bits per heavy atom. The lowest BCUT2D eigenvalue weighted by molar-refractivity contribution is -0.120. The summed E-state index contributed by atoms with van der Waals surface area (Å²) < 4.78 is 37.8. The molecule has 1 heterocycles. The average Bonchev–Trinajstić information content (AvgIpc) is 3.15. The normalized spacial score (nSPS) is 11.0.